The third-order valence-corrected chi connectivity index (χ3v) is 3.83. The third kappa shape index (κ3) is 5.88. The highest BCUT2D eigenvalue weighted by Gasteiger charge is 2.35. The largest absolute Gasteiger partial charge is 0.479 e. The third-order valence-electron chi connectivity index (χ3n) is 3.60. The molecule has 150 valence electrons. The number of benzene rings is 2. The van der Waals surface area contributed by atoms with Gasteiger partial charge in [-0.3, -0.25) is 4.79 Å². The van der Waals surface area contributed by atoms with Gasteiger partial charge in [-0.2, -0.15) is 13.2 Å². The first-order valence-electron chi connectivity index (χ1n) is 8.17. The normalized spacial score (nSPS) is 13.4. The van der Waals surface area contributed by atoms with E-state index >= 15 is 0 Å². The summed E-state index contributed by atoms with van der Waals surface area (Å²) < 4.78 is 49.6. The van der Waals surface area contributed by atoms with Gasteiger partial charge in [-0.05, 0) is 44.2 Å². The standard InChI is InChI=1S/C19H17ClF3NO4/c1-11(28-18(26)12(2)27-14-6-4-3-5-7-14)17(25)24-16-9-8-13(20)10-15(16)19(21,22)23/h3-12H,1-2H3,(H,24,25). The van der Waals surface area contributed by atoms with Crippen LogP contribution in [0.4, 0.5) is 18.9 Å². The lowest BCUT2D eigenvalue weighted by Gasteiger charge is -2.19. The maximum atomic E-state index is 13.1. The second-order valence-electron chi connectivity index (χ2n) is 5.83. The number of carbonyl (C=O) groups is 2. The maximum absolute atomic E-state index is 13.1. The van der Waals surface area contributed by atoms with Crippen molar-refractivity contribution in [3.8, 4) is 5.75 Å². The molecule has 0 saturated heterocycles. The number of anilines is 1. The minimum Gasteiger partial charge on any atom is -0.479 e. The number of alkyl halides is 3. The van der Waals surface area contributed by atoms with Crippen LogP contribution in [-0.4, -0.2) is 24.1 Å². The Morgan fingerprint density at radius 3 is 2.29 bits per heavy atom. The second-order valence-corrected chi connectivity index (χ2v) is 6.27. The van der Waals surface area contributed by atoms with Gasteiger partial charge in [0, 0.05) is 5.02 Å². The molecule has 2 atom stereocenters. The number of rotatable bonds is 6. The van der Waals surface area contributed by atoms with Crippen molar-refractivity contribution < 1.29 is 32.2 Å². The Bertz CT molecular complexity index is 843. The zero-order valence-electron chi connectivity index (χ0n) is 14.9. The van der Waals surface area contributed by atoms with Crippen LogP contribution in [0.15, 0.2) is 48.5 Å². The monoisotopic (exact) mass is 415 g/mol. The molecule has 0 heterocycles. The van der Waals surface area contributed by atoms with Crippen molar-refractivity contribution in [2.75, 3.05) is 5.32 Å². The summed E-state index contributed by atoms with van der Waals surface area (Å²) in [6.07, 6.45) is -7.07. The summed E-state index contributed by atoms with van der Waals surface area (Å²) in [5.41, 5.74) is -1.59. The molecule has 0 fully saturated rings. The van der Waals surface area contributed by atoms with Crippen LogP contribution in [-0.2, 0) is 20.5 Å². The van der Waals surface area contributed by atoms with Crippen molar-refractivity contribution in [2.45, 2.75) is 32.2 Å². The number of amides is 1. The van der Waals surface area contributed by atoms with Gasteiger partial charge in [0.15, 0.2) is 12.2 Å². The first-order chi connectivity index (χ1) is 13.1. The van der Waals surface area contributed by atoms with Crippen LogP contribution in [0.1, 0.15) is 19.4 Å². The van der Waals surface area contributed by atoms with Crippen LogP contribution in [0.2, 0.25) is 5.02 Å². The van der Waals surface area contributed by atoms with Crippen molar-refractivity contribution in [1.82, 2.24) is 0 Å². The van der Waals surface area contributed by atoms with E-state index in [4.69, 9.17) is 21.1 Å². The molecule has 2 aromatic rings. The molecule has 0 aliphatic carbocycles. The Kier molecular flexibility index (Phi) is 6.90. The lowest BCUT2D eigenvalue weighted by molar-refractivity contribution is -0.159. The summed E-state index contributed by atoms with van der Waals surface area (Å²) in [5.74, 6) is -1.33. The summed E-state index contributed by atoms with van der Waals surface area (Å²) in [7, 11) is 0. The van der Waals surface area contributed by atoms with E-state index in [1.165, 1.54) is 19.9 Å². The van der Waals surface area contributed by atoms with Crippen molar-refractivity contribution >= 4 is 29.2 Å². The predicted molar refractivity (Wildman–Crippen MR) is 97.2 cm³/mol. The smallest absolute Gasteiger partial charge is 0.418 e. The SMILES string of the molecule is CC(OC(=O)C(C)Oc1ccccc1)C(=O)Nc1ccc(Cl)cc1C(F)(F)F. The van der Waals surface area contributed by atoms with Crippen molar-refractivity contribution in [3.05, 3.63) is 59.1 Å². The van der Waals surface area contributed by atoms with Crippen LogP contribution in [0.25, 0.3) is 0 Å². The Balaban J connectivity index is 2.00. The van der Waals surface area contributed by atoms with E-state index in [1.807, 2.05) is 0 Å². The number of halogens is 4. The van der Waals surface area contributed by atoms with Gasteiger partial charge in [0.1, 0.15) is 5.75 Å². The summed E-state index contributed by atoms with van der Waals surface area (Å²) >= 11 is 5.60. The average molecular weight is 416 g/mol. The van der Waals surface area contributed by atoms with Gasteiger partial charge in [0.05, 0.1) is 11.3 Å². The molecule has 0 aliphatic heterocycles. The van der Waals surface area contributed by atoms with Crippen molar-refractivity contribution in [3.63, 3.8) is 0 Å². The zero-order valence-corrected chi connectivity index (χ0v) is 15.7. The Morgan fingerprint density at radius 2 is 1.68 bits per heavy atom. The number of carbonyl (C=O) groups excluding carboxylic acids is 2. The topological polar surface area (TPSA) is 64.6 Å². The molecule has 28 heavy (non-hydrogen) atoms. The molecular weight excluding hydrogens is 399 g/mol. The number of para-hydroxylation sites is 1. The molecule has 0 saturated carbocycles. The molecule has 0 spiro atoms. The first kappa shape index (κ1) is 21.6. The molecule has 0 aromatic heterocycles. The molecule has 0 aliphatic rings. The maximum Gasteiger partial charge on any atom is 0.418 e. The van der Waals surface area contributed by atoms with Gasteiger partial charge in [0.25, 0.3) is 5.91 Å². The molecule has 2 unspecified atom stereocenters. The molecule has 5 nitrogen and oxygen atoms in total. The highest BCUT2D eigenvalue weighted by atomic mass is 35.5. The van der Waals surface area contributed by atoms with Crippen LogP contribution in [0.5, 0.6) is 5.75 Å². The molecule has 1 N–H and O–H groups in total. The van der Waals surface area contributed by atoms with Gasteiger partial charge in [-0.15, -0.1) is 0 Å². The highest BCUT2D eigenvalue weighted by Crippen LogP contribution is 2.36. The van der Waals surface area contributed by atoms with Gasteiger partial charge in [0.2, 0.25) is 0 Å². The van der Waals surface area contributed by atoms with E-state index in [-0.39, 0.29) is 5.02 Å². The fourth-order valence-corrected chi connectivity index (χ4v) is 2.34. The average Bonchev–Trinajstić information content (AvgIpc) is 2.63. The number of ether oxygens (including phenoxy) is 2. The number of hydrogen-bond acceptors (Lipinski definition) is 4. The van der Waals surface area contributed by atoms with E-state index < -0.39 is 41.5 Å². The number of hydrogen-bond donors (Lipinski definition) is 1. The van der Waals surface area contributed by atoms with E-state index in [0.717, 1.165) is 6.07 Å². The van der Waals surface area contributed by atoms with E-state index in [0.29, 0.717) is 11.8 Å². The first-order valence-corrected chi connectivity index (χ1v) is 8.55. The Morgan fingerprint density at radius 1 is 1.04 bits per heavy atom. The van der Waals surface area contributed by atoms with Crippen LogP contribution in [0, 0.1) is 0 Å². The van der Waals surface area contributed by atoms with Crippen LogP contribution in [0.3, 0.4) is 0 Å². The summed E-state index contributed by atoms with van der Waals surface area (Å²) in [6, 6.07) is 11.4. The minimum atomic E-state index is -4.72. The molecule has 0 bridgehead atoms. The van der Waals surface area contributed by atoms with Crippen LogP contribution >= 0.6 is 11.6 Å². The summed E-state index contributed by atoms with van der Waals surface area (Å²) in [4.78, 5) is 24.2. The predicted octanol–water partition coefficient (Wildman–Crippen LogP) is 4.70. The van der Waals surface area contributed by atoms with E-state index in [2.05, 4.69) is 5.32 Å². The van der Waals surface area contributed by atoms with Gasteiger partial charge in [-0.25, -0.2) is 4.79 Å². The van der Waals surface area contributed by atoms with Crippen molar-refractivity contribution in [1.29, 1.82) is 0 Å². The molecule has 1 amide bonds. The van der Waals surface area contributed by atoms with Gasteiger partial charge in [-0.1, -0.05) is 29.8 Å². The van der Waals surface area contributed by atoms with E-state index in [9.17, 15) is 22.8 Å². The Hall–Kier alpha value is -2.74. The Labute approximate surface area is 164 Å². The summed E-state index contributed by atoms with van der Waals surface area (Å²) in [6.45, 7) is 2.67. The minimum absolute atomic E-state index is 0.128. The summed E-state index contributed by atoms with van der Waals surface area (Å²) in [5, 5.41) is 1.97. The van der Waals surface area contributed by atoms with Crippen molar-refractivity contribution in [2.24, 2.45) is 0 Å². The van der Waals surface area contributed by atoms with Crippen LogP contribution < -0.4 is 10.1 Å². The quantitative estimate of drug-likeness (QED) is 0.695. The molecule has 9 heteroatoms. The lowest BCUT2D eigenvalue weighted by Crippen LogP contribution is -2.35. The van der Waals surface area contributed by atoms with Gasteiger partial charge >= 0.3 is 12.1 Å². The zero-order chi connectivity index (χ0) is 20.9. The lowest BCUT2D eigenvalue weighted by atomic mass is 10.1. The molecule has 2 rings (SSSR count). The molecule has 0 radical (unpaired) electrons. The fraction of sp³-hybridized carbons (Fsp3) is 0.263. The molecule has 2 aromatic carbocycles. The second kappa shape index (κ2) is 8.97. The molecular formula is C19H17ClF3NO4. The van der Waals surface area contributed by atoms with Gasteiger partial charge < -0.3 is 14.8 Å². The number of nitrogens with one attached hydrogen (secondary N) is 1. The van der Waals surface area contributed by atoms with E-state index in [1.54, 1.807) is 30.3 Å². The number of esters is 1. The highest BCUT2D eigenvalue weighted by molar-refractivity contribution is 6.30. The fourth-order valence-electron chi connectivity index (χ4n) is 2.17.